The highest BCUT2D eigenvalue weighted by atomic mass is 32.1. The summed E-state index contributed by atoms with van der Waals surface area (Å²) in [6.07, 6.45) is -0.365. The predicted octanol–water partition coefficient (Wildman–Crippen LogP) is 2.98. The summed E-state index contributed by atoms with van der Waals surface area (Å²) in [5, 5.41) is 1.94. The molecule has 0 saturated carbocycles. The molecule has 10 heteroatoms. The standard InChI is InChI=1S/C24H29N3O6S/c1-5-33-24(30)27-10-8-26(9-11-27)23(29)20-15-13-17(31-3)18(32-4)14-16(15)22(28)25(2)21(20)19-7-6-12-34-19/h6-7,12-14,20-21H,5,8-11H2,1-4H3. The van der Waals surface area contributed by atoms with E-state index >= 15 is 0 Å². The number of nitrogens with zero attached hydrogens (tertiary/aromatic N) is 3. The molecule has 2 aromatic rings. The van der Waals surface area contributed by atoms with Crippen molar-refractivity contribution in [1.82, 2.24) is 14.7 Å². The van der Waals surface area contributed by atoms with Crippen molar-refractivity contribution in [2.45, 2.75) is 18.9 Å². The Labute approximate surface area is 202 Å². The molecule has 34 heavy (non-hydrogen) atoms. The van der Waals surface area contributed by atoms with Crippen LogP contribution in [0.4, 0.5) is 4.79 Å². The maximum Gasteiger partial charge on any atom is 0.409 e. The number of hydrogen-bond acceptors (Lipinski definition) is 7. The summed E-state index contributed by atoms with van der Waals surface area (Å²) < 4.78 is 16.0. The lowest BCUT2D eigenvalue weighted by atomic mass is 9.81. The maximum absolute atomic E-state index is 14.0. The first kappa shape index (κ1) is 23.9. The quantitative estimate of drug-likeness (QED) is 0.644. The molecule has 9 nitrogen and oxygen atoms in total. The maximum atomic E-state index is 14.0. The van der Waals surface area contributed by atoms with Crippen LogP contribution in [0, 0.1) is 0 Å². The Bertz CT molecular complexity index is 1060. The molecule has 2 aliphatic heterocycles. The van der Waals surface area contributed by atoms with Crippen LogP contribution in [0.15, 0.2) is 29.6 Å². The molecule has 0 aliphatic carbocycles. The van der Waals surface area contributed by atoms with Gasteiger partial charge in [-0.15, -0.1) is 11.3 Å². The first-order valence-electron chi connectivity index (χ1n) is 11.2. The van der Waals surface area contributed by atoms with Gasteiger partial charge in [-0.3, -0.25) is 9.59 Å². The van der Waals surface area contributed by atoms with Gasteiger partial charge in [0.05, 0.1) is 32.8 Å². The number of amides is 3. The monoisotopic (exact) mass is 487 g/mol. The second kappa shape index (κ2) is 9.92. The number of hydrogen-bond donors (Lipinski definition) is 0. The van der Waals surface area contributed by atoms with Gasteiger partial charge in [0.1, 0.15) is 0 Å². The third-order valence-corrected chi connectivity index (χ3v) is 7.34. The Balaban J connectivity index is 1.72. The van der Waals surface area contributed by atoms with Gasteiger partial charge in [-0.05, 0) is 36.1 Å². The van der Waals surface area contributed by atoms with Crippen LogP contribution in [0.2, 0.25) is 0 Å². The number of carbonyl (C=O) groups excluding carboxylic acids is 3. The average Bonchev–Trinajstić information content (AvgIpc) is 3.39. The fourth-order valence-corrected chi connectivity index (χ4v) is 5.56. The smallest absolute Gasteiger partial charge is 0.409 e. The number of methoxy groups -OCH3 is 2. The van der Waals surface area contributed by atoms with Gasteiger partial charge in [-0.2, -0.15) is 0 Å². The zero-order chi connectivity index (χ0) is 24.4. The molecule has 2 unspecified atom stereocenters. The van der Waals surface area contributed by atoms with Crippen LogP contribution in [-0.4, -0.2) is 86.7 Å². The van der Waals surface area contributed by atoms with E-state index in [9.17, 15) is 14.4 Å². The van der Waals surface area contributed by atoms with E-state index < -0.39 is 12.0 Å². The number of carbonyl (C=O) groups is 3. The van der Waals surface area contributed by atoms with Crippen LogP contribution in [0.3, 0.4) is 0 Å². The van der Waals surface area contributed by atoms with Crippen molar-refractivity contribution in [1.29, 1.82) is 0 Å². The minimum absolute atomic E-state index is 0.0882. The minimum atomic E-state index is -0.620. The van der Waals surface area contributed by atoms with E-state index in [-0.39, 0.29) is 17.9 Å². The molecule has 0 bridgehead atoms. The molecule has 0 N–H and O–H groups in total. The first-order valence-corrected chi connectivity index (χ1v) is 12.1. The Kier molecular flexibility index (Phi) is 6.97. The van der Waals surface area contributed by atoms with Gasteiger partial charge in [0.2, 0.25) is 5.91 Å². The fourth-order valence-electron chi connectivity index (χ4n) is 4.65. The van der Waals surface area contributed by atoms with E-state index in [0.29, 0.717) is 55.4 Å². The number of ether oxygens (including phenoxy) is 3. The van der Waals surface area contributed by atoms with Crippen LogP contribution >= 0.6 is 11.3 Å². The third-order valence-electron chi connectivity index (χ3n) is 6.39. The third kappa shape index (κ3) is 4.18. The van der Waals surface area contributed by atoms with Gasteiger partial charge in [0.15, 0.2) is 11.5 Å². The second-order valence-electron chi connectivity index (χ2n) is 8.16. The van der Waals surface area contributed by atoms with Crippen LogP contribution < -0.4 is 9.47 Å². The lowest BCUT2D eigenvalue weighted by Gasteiger charge is -2.42. The van der Waals surface area contributed by atoms with Gasteiger partial charge in [0.25, 0.3) is 5.91 Å². The van der Waals surface area contributed by atoms with Crippen molar-refractivity contribution in [2.75, 3.05) is 54.1 Å². The molecule has 1 aromatic heterocycles. The molecule has 2 aliphatic rings. The molecular formula is C24H29N3O6S. The van der Waals surface area contributed by atoms with Crippen LogP contribution in [-0.2, 0) is 9.53 Å². The summed E-state index contributed by atoms with van der Waals surface area (Å²) in [7, 11) is 4.77. The summed E-state index contributed by atoms with van der Waals surface area (Å²) in [4.78, 5) is 45.4. The van der Waals surface area contributed by atoms with Crippen LogP contribution in [0.1, 0.15) is 39.7 Å². The number of likely N-dealkylation sites (N-methyl/N-ethyl adjacent to an activating group) is 1. The average molecular weight is 488 g/mol. The van der Waals surface area contributed by atoms with Gasteiger partial charge >= 0.3 is 6.09 Å². The number of thiophene rings is 1. The lowest BCUT2D eigenvalue weighted by molar-refractivity contribution is -0.136. The zero-order valence-corrected chi connectivity index (χ0v) is 20.6. The minimum Gasteiger partial charge on any atom is -0.493 e. The van der Waals surface area contributed by atoms with Crippen molar-refractivity contribution in [3.05, 3.63) is 45.6 Å². The number of rotatable bonds is 5. The van der Waals surface area contributed by atoms with Gasteiger partial charge in [0, 0.05) is 43.7 Å². The molecule has 0 spiro atoms. The van der Waals surface area contributed by atoms with Crippen molar-refractivity contribution in [3.8, 4) is 11.5 Å². The zero-order valence-electron chi connectivity index (χ0n) is 19.8. The molecule has 1 aromatic carbocycles. The lowest BCUT2D eigenvalue weighted by Crippen LogP contribution is -2.54. The van der Waals surface area contributed by atoms with Gasteiger partial charge < -0.3 is 28.9 Å². The highest BCUT2D eigenvalue weighted by molar-refractivity contribution is 7.10. The predicted molar refractivity (Wildman–Crippen MR) is 127 cm³/mol. The second-order valence-corrected chi connectivity index (χ2v) is 9.14. The van der Waals surface area contributed by atoms with E-state index in [1.807, 2.05) is 17.5 Å². The summed E-state index contributed by atoms with van der Waals surface area (Å²) in [6, 6.07) is 6.81. The summed E-state index contributed by atoms with van der Waals surface area (Å²) >= 11 is 1.52. The molecule has 3 heterocycles. The number of fused-ring (bicyclic) bond motifs is 1. The molecule has 1 fully saturated rings. The van der Waals surface area contributed by atoms with E-state index in [2.05, 4.69) is 0 Å². The highest BCUT2D eigenvalue weighted by Gasteiger charge is 2.45. The summed E-state index contributed by atoms with van der Waals surface area (Å²) in [5.41, 5.74) is 1.05. The van der Waals surface area contributed by atoms with Gasteiger partial charge in [-0.1, -0.05) is 6.07 Å². The number of piperazine rings is 1. The van der Waals surface area contributed by atoms with Gasteiger partial charge in [-0.25, -0.2) is 4.79 Å². The molecule has 2 atom stereocenters. The van der Waals surface area contributed by atoms with Crippen LogP contribution in [0.25, 0.3) is 0 Å². The fraction of sp³-hybridized carbons (Fsp3) is 0.458. The Morgan fingerprint density at radius 2 is 1.71 bits per heavy atom. The molecule has 3 amide bonds. The summed E-state index contributed by atoms with van der Waals surface area (Å²) in [5.74, 6) is 0.0193. The van der Waals surface area contributed by atoms with Crippen molar-refractivity contribution in [3.63, 3.8) is 0 Å². The SMILES string of the molecule is CCOC(=O)N1CCN(C(=O)C2c3cc(OC)c(OC)cc3C(=O)N(C)C2c2cccs2)CC1. The van der Waals surface area contributed by atoms with Crippen LogP contribution in [0.5, 0.6) is 11.5 Å². The largest absolute Gasteiger partial charge is 0.493 e. The normalized spacial score (nSPS) is 20.1. The first-order chi connectivity index (χ1) is 16.4. The highest BCUT2D eigenvalue weighted by Crippen LogP contribution is 2.47. The van der Waals surface area contributed by atoms with Crippen molar-refractivity contribution < 1.29 is 28.6 Å². The molecule has 1 saturated heterocycles. The molecule has 0 radical (unpaired) electrons. The molecule has 4 rings (SSSR count). The summed E-state index contributed by atoms with van der Waals surface area (Å²) in [6.45, 7) is 3.66. The Morgan fingerprint density at radius 1 is 1.06 bits per heavy atom. The van der Waals surface area contributed by atoms with E-state index in [0.717, 1.165) is 4.88 Å². The van der Waals surface area contributed by atoms with E-state index in [1.165, 1.54) is 25.6 Å². The topological polar surface area (TPSA) is 88.6 Å². The Hall–Kier alpha value is -3.27. The molecular weight excluding hydrogens is 458 g/mol. The van der Waals surface area contributed by atoms with E-state index in [1.54, 1.807) is 40.8 Å². The Morgan fingerprint density at radius 3 is 2.29 bits per heavy atom. The van der Waals surface area contributed by atoms with Crippen molar-refractivity contribution in [2.24, 2.45) is 0 Å². The van der Waals surface area contributed by atoms with Crippen molar-refractivity contribution >= 4 is 29.2 Å². The number of benzene rings is 1. The molecule has 182 valence electrons. The van der Waals surface area contributed by atoms with E-state index in [4.69, 9.17) is 14.2 Å².